The van der Waals surface area contributed by atoms with Crippen LogP contribution >= 0.6 is 0 Å². The van der Waals surface area contributed by atoms with Gasteiger partial charge in [0.1, 0.15) is 0 Å². The number of hydrogen-bond donors (Lipinski definition) is 1. The highest BCUT2D eigenvalue weighted by Gasteiger charge is 2.24. The molecule has 2 aromatic rings. The van der Waals surface area contributed by atoms with E-state index in [-0.39, 0.29) is 0 Å². The van der Waals surface area contributed by atoms with Crippen LogP contribution in [0.1, 0.15) is 44.7 Å². The highest BCUT2D eigenvalue weighted by atomic mass is 15.3. The van der Waals surface area contributed by atoms with Crippen LogP contribution in [0.5, 0.6) is 0 Å². The van der Waals surface area contributed by atoms with Gasteiger partial charge in [-0.25, -0.2) is 4.68 Å². The van der Waals surface area contributed by atoms with Gasteiger partial charge in [0.15, 0.2) is 0 Å². The van der Waals surface area contributed by atoms with Crippen LogP contribution in [0.3, 0.4) is 0 Å². The van der Waals surface area contributed by atoms with E-state index < -0.39 is 0 Å². The van der Waals surface area contributed by atoms with Gasteiger partial charge in [-0.2, -0.15) is 5.10 Å². The Labute approximate surface area is 121 Å². The van der Waals surface area contributed by atoms with Gasteiger partial charge in [-0.15, -0.1) is 0 Å². The second kappa shape index (κ2) is 5.80. The summed E-state index contributed by atoms with van der Waals surface area (Å²) in [5.41, 5.74) is 2.36. The van der Waals surface area contributed by atoms with E-state index in [4.69, 9.17) is 0 Å². The lowest BCUT2D eigenvalue weighted by Crippen LogP contribution is -2.29. The predicted molar refractivity (Wildman–Crippen MR) is 81.9 cm³/mol. The average Bonchev–Trinajstić information content (AvgIpc) is 3.12. The van der Waals surface area contributed by atoms with Crippen molar-refractivity contribution in [3.05, 3.63) is 48.3 Å². The zero-order chi connectivity index (χ0) is 13.9. The number of benzene rings is 1. The molecule has 1 aromatic carbocycles. The van der Waals surface area contributed by atoms with E-state index in [9.17, 15) is 0 Å². The zero-order valence-electron chi connectivity index (χ0n) is 12.3. The number of rotatable bonds is 6. The van der Waals surface area contributed by atoms with E-state index in [1.807, 2.05) is 29.1 Å². The first kappa shape index (κ1) is 13.4. The summed E-state index contributed by atoms with van der Waals surface area (Å²) < 4.78 is 1.94. The van der Waals surface area contributed by atoms with Crippen LogP contribution in [-0.4, -0.2) is 15.8 Å². The molecule has 20 heavy (non-hydrogen) atoms. The third-order valence-electron chi connectivity index (χ3n) is 4.04. The van der Waals surface area contributed by atoms with Gasteiger partial charge in [0, 0.05) is 23.8 Å². The Balaban J connectivity index is 1.63. The molecule has 1 aromatic heterocycles. The molecule has 3 heteroatoms. The summed E-state index contributed by atoms with van der Waals surface area (Å²) in [6, 6.07) is 11.2. The molecular formula is C17H23N3. The molecule has 2 atom stereocenters. The average molecular weight is 269 g/mol. The van der Waals surface area contributed by atoms with Crippen LogP contribution in [0.25, 0.3) is 5.69 Å². The Morgan fingerprint density at radius 2 is 2.00 bits per heavy atom. The van der Waals surface area contributed by atoms with Crippen LogP contribution in [0, 0.1) is 5.92 Å². The maximum absolute atomic E-state index is 4.46. The lowest BCUT2D eigenvalue weighted by Gasteiger charge is -2.18. The third-order valence-corrected chi connectivity index (χ3v) is 4.04. The number of nitrogens with one attached hydrogen (secondary N) is 1. The van der Waals surface area contributed by atoms with Gasteiger partial charge in [0.2, 0.25) is 0 Å². The summed E-state index contributed by atoms with van der Waals surface area (Å²) in [6.45, 7) is 4.51. The predicted octanol–water partition coefficient (Wildman–Crippen LogP) is 3.71. The Hall–Kier alpha value is -1.61. The van der Waals surface area contributed by atoms with Crippen molar-refractivity contribution < 1.29 is 0 Å². The maximum atomic E-state index is 4.46. The number of aromatic nitrogens is 2. The zero-order valence-corrected chi connectivity index (χ0v) is 12.3. The molecule has 0 radical (unpaired) electrons. The molecule has 3 nitrogen and oxygen atoms in total. The van der Waals surface area contributed by atoms with Crippen LogP contribution in [0.2, 0.25) is 0 Å². The molecule has 2 unspecified atom stereocenters. The van der Waals surface area contributed by atoms with Crippen LogP contribution in [0.15, 0.2) is 42.7 Å². The van der Waals surface area contributed by atoms with Gasteiger partial charge in [-0.3, -0.25) is 0 Å². The number of para-hydroxylation sites is 1. The molecule has 0 amide bonds. The van der Waals surface area contributed by atoms with Gasteiger partial charge >= 0.3 is 0 Å². The molecule has 0 saturated heterocycles. The molecule has 106 valence electrons. The molecule has 0 aliphatic heterocycles. The van der Waals surface area contributed by atoms with Crippen LogP contribution in [-0.2, 0) is 0 Å². The Kier molecular flexibility index (Phi) is 3.88. The largest absolute Gasteiger partial charge is 0.308 e. The second-order valence-corrected chi connectivity index (χ2v) is 6.02. The fraction of sp³-hybridized carbons (Fsp3) is 0.471. The quantitative estimate of drug-likeness (QED) is 0.866. The van der Waals surface area contributed by atoms with Gasteiger partial charge in [-0.1, -0.05) is 31.0 Å². The maximum Gasteiger partial charge on any atom is 0.0645 e. The van der Waals surface area contributed by atoms with Crippen molar-refractivity contribution in [2.45, 2.75) is 45.2 Å². The smallest absolute Gasteiger partial charge is 0.0645 e. The third kappa shape index (κ3) is 3.28. The van der Waals surface area contributed by atoms with Gasteiger partial charge in [0.25, 0.3) is 0 Å². The van der Waals surface area contributed by atoms with Crippen LogP contribution in [0.4, 0.5) is 0 Å². The lowest BCUT2D eigenvalue weighted by molar-refractivity contribution is 0.438. The summed E-state index contributed by atoms with van der Waals surface area (Å²) in [6.07, 6.45) is 8.24. The van der Waals surface area contributed by atoms with Crippen molar-refractivity contribution in [1.82, 2.24) is 15.1 Å². The molecule has 3 rings (SSSR count). The summed E-state index contributed by atoms with van der Waals surface area (Å²) in [5.74, 6) is 0.969. The summed E-state index contributed by atoms with van der Waals surface area (Å²) in [5, 5.41) is 8.14. The molecule has 0 spiro atoms. The number of nitrogens with zero attached hydrogens (tertiary/aromatic N) is 2. The standard InChI is InChI=1S/C17H23N3/c1-13(10-15-8-9-15)19-14(2)16-11-18-20(12-16)17-6-4-3-5-7-17/h3-7,11-15,19H,8-10H2,1-2H3. The minimum Gasteiger partial charge on any atom is -0.308 e. The normalized spacial score (nSPS) is 17.9. The second-order valence-electron chi connectivity index (χ2n) is 6.02. The summed E-state index contributed by atoms with van der Waals surface area (Å²) in [7, 11) is 0. The fourth-order valence-electron chi connectivity index (χ4n) is 2.73. The molecular weight excluding hydrogens is 246 g/mol. The Morgan fingerprint density at radius 3 is 2.70 bits per heavy atom. The van der Waals surface area contributed by atoms with Crippen molar-refractivity contribution in [2.75, 3.05) is 0 Å². The van der Waals surface area contributed by atoms with E-state index in [1.54, 1.807) is 0 Å². The molecule has 1 saturated carbocycles. The molecule has 0 bridgehead atoms. The molecule has 1 heterocycles. The Bertz CT molecular complexity index is 542. The van der Waals surface area contributed by atoms with E-state index >= 15 is 0 Å². The highest BCUT2D eigenvalue weighted by molar-refractivity contribution is 5.31. The van der Waals surface area contributed by atoms with Crippen molar-refractivity contribution >= 4 is 0 Å². The summed E-state index contributed by atoms with van der Waals surface area (Å²) >= 11 is 0. The molecule has 1 fully saturated rings. The van der Waals surface area contributed by atoms with E-state index in [2.05, 4.69) is 42.6 Å². The van der Waals surface area contributed by atoms with Crippen molar-refractivity contribution in [2.24, 2.45) is 5.92 Å². The van der Waals surface area contributed by atoms with Gasteiger partial charge in [0.05, 0.1) is 11.9 Å². The minimum atomic E-state index is 0.348. The van der Waals surface area contributed by atoms with E-state index in [1.165, 1.54) is 24.8 Å². The topological polar surface area (TPSA) is 29.9 Å². The van der Waals surface area contributed by atoms with Crippen molar-refractivity contribution in [3.63, 3.8) is 0 Å². The van der Waals surface area contributed by atoms with E-state index in [0.29, 0.717) is 12.1 Å². The van der Waals surface area contributed by atoms with Gasteiger partial charge in [-0.05, 0) is 38.3 Å². The summed E-state index contributed by atoms with van der Waals surface area (Å²) in [4.78, 5) is 0. The van der Waals surface area contributed by atoms with E-state index in [0.717, 1.165) is 11.6 Å². The fourth-order valence-corrected chi connectivity index (χ4v) is 2.73. The molecule has 1 N–H and O–H groups in total. The Morgan fingerprint density at radius 1 is 1.25 bits per heavy atom. The van der Waals surface area contributed by atoms with Crippen molar-refractivity contribution in [1.29, 1.82) is 0 Å². The molecule has 1 aliphatic carbocycles. The monoisotopic (exact) mass is 269 g/mol. The van der Waals surface area contributed by atoms with Crippen molar-refractivity contribution in [3.8, 4) is 5.69 Å². The molecule has 1 aliphatic rings. The highest BCUT2D eigenvalue weighted by Crippen LogP contribution is 2.33. The lowest BCUT2D eigenvalue weighted by atomic mass is 10.1. The number of hydrogen-bond acceptors (Lipinski definition) is 2. The van der Waals surface area contributed by atoms with Gasteiger partial charge < -0.3 is 5.32 Å². The first-order chi connectivity index (χ1) is 9.72. The minimum absolute atomic E-state index is 0.348. The van der Waals surface area contributed by atoms with Crippen LogP contribution < -0.4 is 5.32 Å². The first-order valence-corrected chi connectivity index (χ1v) is 7.58. The first-order valence-electron chi connectivity index (χ1n) is 7.58. The SMILES string of the molecule is CC(CC1CC1)NC(C)c1cnn(-c2ccccc2)c1.